The molecule has 7 heteroatoms. The first kappa shape index (κ1) is 20.8. The lowest BCUT2D eigenvalue weighted by molar-refractivity contribution is 0.288. The molecule has 4 rings (SSSR count). The number of hydrogen-bond acceptors (Lipinski definition) is 6. The van der Waals surface area contributed by atoms with Gasteiger partial charge in [0.1, 0.15) is 0 Å². The Morgan fingerprint density at radius 3 is 2.65 bits per heavy atom. The molecule has 0 fully saturated rings. The van der Waals surface area contributed by atoms with E-state index in [4.69, 9.17) is 9.47 Å². The molecule has 0 aliphatic rings. The highest BCUT2D eigenvalue weighted by Crippen LogP contribution is 2.28. The minimum Gasteiger partial charge on any atom is -0.493 e. The molecule has 158 valence electrons. The Morgan fingerprint density at radius 1 is 1.06 bits per heavy atom. The van der Waals surface area contributed by atoms with Gasteiger partial charge in [0.25, 0.3) is 5.56 Å². The molecule has 0 bridgehead atoms. The molecule has 2 heterocycles. The molecule has 0 amide bonds. The molecule has 0 aliphatic heterocycles. The third-order valence-electron chi connectivity index (χ3n) is 4.66. The molecular formula is C24H23N3O3S. The number of benzene rings is 2. The summed E-state index contributed by atoms with van der Waals surface area (Å²) in [5, 5.41) is 4.33. The predicted molar refractivity (Wildman–Crippen MR) is 125 cm³/mol. The third-order valence-corrected chi connectivity index (χ3v) is 5.62. The van der Waals surface area contributed by atoms with E-state index in [1.807, 2.05) is 60.7 Å². The second-order valence-corrected chi connectivity index (χ2v) is 7.95. The van der Waals surface area contributed by atoms with Crippen molar-refractivity contribution in [3.63, 3.8) is 0 Å². The number of unbranched alkanes of at least 4 members (excludes halogenated alkanes) is 1. The number of ether oxygens (including phenoxy) is 2. The number of hydrogen-bond donors (Lipinski definition) is 0. The second kappa shape index (κ2) is 9.57. The van der Waals surface area contributed by atoms with Crippen LogP contribution >= 0.6 is 11.3 Å². The summed E-state index contributed by atoms with van der Waals surface area (Å²) in [6, 6.07) is 15.5. The molecule has 0 saturated heterocycles. The zero-order valence-electron chi connectivity index (χ0n) is 17.4. The number of rotatable bonds is 8. The Bertz CT molecular complexity index is 1310. The monoisotopic (exact) mass is 433 g/mol. The van der Waals surface area contributed by atoms with Gasteiger partial charge < -0.3 is 9.47 Å². The van der Waals surface area contributed by atoms with Crippen LogP contribution < -0.4 is 19.6 Å². The maximum Gasteiger partial charge on any atom is 0.291 e. The normalized spacial score (nSPS) is 12.1. The summed E-state index contributed by atoms with van der Waals surface area (Å²) >= 11 is 1.31. The minimum atomic E-state index is -0.186. The van der Waals surface area contributed by atoms with Crippen LogP contribution in [0.25, 0.3) is 23.2 Å². The van der Waals surface area contributed by atoms with Crippen LogP contribution in [0.1, 0.15) is 36.7 Å². The lowest BCUT2D eigenvalue weighted by Crippen LogP contribution is -2.23. The van der Waals surface area contributed by atoms with Crippen LogP contribution in [0.15, 0.2) is 53.3 Å². The molecule has 4 aromatic rings. The molecule has 0 radical (unpaired) electrons. The topological polar surface area (TPSA) is 65.7 Å². The van der Waals surface area contributed by atoms with E-state index in [1.165, 1.54) is 15.9 Å². The third kappa shape index (κ3) is 4.83. The highest BCUT2D eigenvalue weighted by Gasteiger charge is 2.10. The number of thiazole rings is 1. The summed E-state index contributed by atoms with van der Waals surface area (Å²) < 4.78 is 13.1. The van der Waals surface area contributed by atoms with Crippen LogP contribution in [0.4, 0.5) is 0 Å². The average molecular weight is 434 g/mol. The van der Waals surface area contributed by atoms with Gasteiger partial charge in [0, 0.05) is 0 Å². The summed E-state index contributed by atoms with van der Waals surface area (Å²) in [6.07, 6.45) is 7.61. The molecule has 0 aliphatic carbocycles. The van der Waals surface area contributed by atoms with Crippen LogP contribution in [0, 0.1) is 0 Å². The Morgan fingerprint density at radius 2 is 1.90 bits per heavy atom. The Balaban J connectivity index is 1.59. The van der Waals surface area contributed by atoms with Gasteiger partial charge in [0.2, 0.25) is 4.96 Å². The number of aromatic nitrogens is 3. The molecule has 6 nitrogen and oxygen atoms in total. The molecule has 0 unspecified atom stereocenters. The average Bonchev–Trinajstić information content (AvgIpc) is 3.32. The van der Waals surface area contributed by atoms with Crippen molar-refractivity contribution in [2.75, 3.05) is 13.7 Å². The highest BCUT2D eigenvalue weighted by molar-refractivity contribution is 7.15. The van der Waals surface area contributed by atoms with E-state index in [0.717, 1.165) is 24.0 Å². The number of fused-ring (bicyclic) bond motifs is 1. The van der Waals surface area contributed by atoms with E-state index in [0.29, 0.717) is 33.4 Å². The first-order valence-corrected chi connectivity index (χ1v) is 10.9. The lowest BCUT2D eigenvalue weighted by atomic mass is 10.2. The van der Waals surface area contributed by atoms with E-state index >= 15 is 0 Å². The van der Waals surface area contributed by atoms with Gasteiger partial charge in [-0.25, -0.2) is 0 Å². The van der Waals surface area contributed by atoms with E-state index in [1.54, 1.807) is 13.2 Å². The molecule has 0 atom stereocenters. The first-order chi connectivity index (χ1) is 15.2. The molecule has 2 aromatic carbocycles. The van der Waals surface area contributed by atoms with Gasteiger partial charge in [-0.15, -0.1) is 5.10 Å². The Kier molecular flexibility index (Phi) is 6.43. The van der Waals surface area contributed by atoms with Crippen LogP contribution in [-0.4, -0.2) is 28.3 Å². The van der Waals surface area contributed by atoms with Gasteiger partial charge in [0.15, 0.2) is 17.3 Å². The van der Waals surface area contributed by atoms with E-state index < -0.39 is 0 Å². The fourth-order valence-corrected chi connectivity index (χ4v) is 3.94. The smallest absolute Gasteiger partial charge is 0.291 e. The van der Waals surface area contributed by atoms with Crippen molar-refractivity contribution in [3.05, 3.63) is 80.4 Å². The van der Waals surface area contributed by atoms with Crippen molar-refractivity contribution < 1.29 is 9.47 Å². The largest absolute Gasteiger partial charge is 0.493 e. The predicted octanol–water partition coefficient (Wildman–Crippen LogP) is 4.06. The summed E-state index contributed by atoms with van der Waals surface area (Å²) in [4.78, 5) is 17.8. The fraction of sp³-hybridized carbons (Fsp3) is 0.208. The van der Waals surface area contributed by atoms with Crippen LogP contribution in [-0.2, 0) is 0 Å². The minimum absolute atomic E-state index is 0.186. The maximum atomic E-state index is 12.8. The first-order valence-electron chi connectivity index (χ1n) is 10.1. The molecule has 0 spiro atoms. The standard InChI is InChI=1S/C24H23N3O3S/c1-3-4-14-30-19-12-10-18(15-20(19)29-2)16-21-23(28)27-24(31-21)25-22(26-27)13-11-17-8-6-5-7-9-17/h5-13,15-16H,3-4,14H2,1-2H3. The van der Waals surface area contributed by atoms with Crippen LogP contribution in [0.5, 0.6) is 11.5 Å². The van der Waals surface area contributed by atoms with Gasteiger partial charge in [-0.2, -0.15) is 9.50 Å². The van der Waals surface area contributed by atoms with Crippen molar-refractivity contribution in [2.24, 2.45) is 0 Å². The second-order valence-electron chi connectivity index (χ2n) is 6.94. The van der Waals surface area contributed by atoms with Crippen molar-refractivity contribution in [2.45, 2.75) is 19.8 Å². The fourth-order valence-electron chi connectivity index (χ4n) is 3.03. The zero-order chi connectivity index (χ0) is 21.6. The van der Waals surface area contributed by atoms with Gasteiger partial charge >= 0.3 is 0 Å². The summed E-state index contributed by atoms with van der Waals surface area (Å²) in [7, 11) is 1.61. The Labute approximate surface area is 184 Å². The van der Waals surface area contributed by atoms with Gasteiger partial charge in [-0.3, -0.25) is 4.79 Å². The van der Waals surface area contributed by atoms with Crippen LogP contribution in [0.2, 0.25) is 0 Å². The summed E-state index contributed by atoms with van der Waals surface area (Å²) in [5.41, 5.74) is 1.72. The van der Waals surface area contributed by atoms with Gasteiger partial charge in [-0.05, 0) is 41.8 Å². The van der Waals surface area contributed by atoms with Crippen molar-refractivity contribution in [1.82, 2.24) is 14.6 Å². The van der Waals surface area contributed by atoms with Gasteiger partial charge in [-0.1, -0.05) is 67.2 Å². The van der Waals surface area contributed by atoms with Crippen molar-refractivity contribution in [1.29, 1.82) is 0 Å². The lowest BCUT2D eigenvalue weighted by Gasteiger charge is -2.10. The molecule has 2 aromatic heterocycles. The molecule has 0 saturated carbocycles. The van der Waals surface area contributed by atoms with Gasteiger partial charge in [0.05, 0.1) is 18.2 Å². The van der Waals surface area contributed by atoms with Crippen molar-refractivity contribution >= 4 is 34.5 Å². The van der Waals surface area contributed by atoms with E-state index in [2.05, 4.69) is 17.0 Å². The molecule has 31 heavy (non-hydrogen) atoms. The molecular weight excluding hydrogens is 410 g/mol. The number of nitrogens with zero attached hydrogens (tertiary/aromatic N) is 3. The highest BCUT2D eigenvalue weighted by atomic mass is 32.1. The van der Waals surface area contributed by atoms with Crippen LogP contribution in [0.3, 0.4) is 0 Å². The van der Waals surface area contributed by atoms with E-state index in [9.17, 15) is 4.79 Å². The molecule has 0 N–H and O–H groups in total. The van der Waals surface area contributed by atoms with Crippen molar-refractivity contribution in [3.8, 4) is 11.5 Å². The Hall–Kier alpha value is -3.45. The SMILES string of the molecule is CCCCOc1ccc(C=c2sc3nc(C=Cc4ccccc4)nn3c2=O)cc1OC. The summed E-state index contributed by atoms with van der Waals surface area (Å²) in [5.74, 6) is 1.85. The summed E-state index contributed by atoms with van der Waals surface area (Å²) in [6.45, 7) is 2.77. The number of methoxy groups -OCH3 is 1. The van der Waals surface area contributed by atoms with E-state index in [-0.39, 0.29) is 5.56 Å². The quantitative estimate of drug-likeness (QED) is 0.392. The zero-order valence-corrected chi connectivity index (χ0v) is 18.3. The maximum absolute atomic E-state index is 12.8.